The van der Waals surface area contributed by atoms with Crippen molar-refractivity contribution in [1.82, 2.24) is 5.16 Å². The molecule has 86 valence electrons. The molecule has 0 aliphatic heterocycles. The minimum Gasteiger partial charge on any atom is -0.478 e. The molecule has 1 rings (SSSR count). The first-order valence-corrected chi connectivity index (χ1v) is 3.94. The Labute approximate surface area is 89.8 Å². The number of hydrogen-bond acceptors (Lipinski definition) is 5. The minimum absolute atomic E-state index is 0.558. The lowest BCUT2D eigenvalue weighted by atomic mass is 10.5. The summed E-state index contributed by atoms with van der Waals surface area (Å²) in [5.41, 5.74) is 0. The van der Waals surface area contributed by atoms with Gasteiger partial charge in [-0.1, -0.05) is 6.07 Å². The van der Waals surface area contributed by atoms with Crippen LogP contribution in [0.2, 0.25) is 0 Å². The zero-order valence-corrected chi connectivity index (χ0v) is 8.02. The summed E-state index contributed by atoms with van der Waals surface area (Å²) < 4.78 is 8.55. The van der Waals surface area contributed by atoms with Crippen molar-refractivity contribution in [2.45, 2.75) is 0 Å². The van der Waals surface area contributed by atoms with Gasteiger partial charge in [0.1, 0.15) is 6.26 Å². The van der Waals surface area contributed by atoms with Crippen molar-refractivity contribution >= 4 is 11.9 Å². The van der Waals surface area contributed by atoms with Gasteiger partial charge in [-0.15, -0.1) is 0 Å². The number of aromatic nitrogens is 1. The Kier molecular flexibility index (Phi) is 7.56. The van der Waals surface area contributed by atoms with E-state index in [9.17, 15) is 9.59 Å². The number of aliphatic carboxylic acids is 2. The Morgan fingerprint density at radius 1 is 1.06 bits per heavy atom. The summed E-state index contributed by atoms with van der Waals surface area (Å²) >= 11 is 0. The predicted octanol–water partition coefficient (Wildman–Crippen LogP) is 1.10. The van der Waals surface area contributed by atoms with Crippen molar-refractivity contribution in [3.63, 3.8) is 0 Å². The lowest BCUT2D eigenvalue weighted by Crippen LogP contribution is -1.91. The molecule has 2 N–H and O–H groups in total. The molecular formula is C9H9NO6. The van der Waals surface area contributed by atoms with Gasteiger partial charge in [-0.2, -0.15) is 4.68 Å². The van der Waals surface area contributed by atoms with Crippen LogP contribution in [-0.4, -0.2) is 27.3 Å². The largest absolute Gasteiger partial charge is 0.478 e. The quantitative estimate of drug-likeness (QED) is 0.574. The Morgan fingerprint density at radius 3 is 2.25 bits per heavy atom. The first-order chi connectivity index (χ1) is 7.63. The van der Waals surface area contributed by atoms with E-state index in [1.54, 1.807) is 18.2 Å². The Morgan fingerprint density at radius 2 is 1.69 bits per heavy atom. The smallest absolute Gasteiger partial charge is 0.328 e. The average Bonchev–Trinajstić information content (AvgIpc) is 2.14. The van der Waals surface area contributed by atoms with Crippen LogP contribution in [0.15, 0.2) is 52.1 Å². The van der Waals surface area contributed by atoms with Crippen molar-refractivity contribution in [2.75, 3.05) is 0 Å². The summed E-state index contributed by atoms with van der Waals surface area (Å²) in [6.45, 7) is 0. The molecule has 0 atom stereocenters. The maximum atomic E-state index is 9.55. The summed E-state index contributed by atoms with van der Waals surface area (Å²) in [5, 5.41) is 19.0. The third-order valence-electron chi connectivity index (χ3n) is 0.958. The fourth-order valence-electron chi connectivity index (χ4n) is 0.444. The molecule has 1 aromatic rings. The van der Waals surface area contributed by atoms with Gasteiger partial charge in [-0.25, -0.2) is 9.59 Å². The van der Waals surface area contributed by atoms with Crippen LogP contribution in [-0.2, 0) is 9.59 Å². The van der Waals surface area contributed by atoms with Crippen molar-refractivity contribution in [1.29, 1.82) is 0 Å². The van der Waals surface area contributed by atoms with E-state index < -0.39 is 11.9 Å². The van der Waals surface area contributed by atoms with Crippen molar-refractivity contribution in [3.8, 4) is 0 Å². The Bertz CT molecular complexity index is 311. The molecule has 7 nitrogen and oxygen atoms in total. The molecule has 7 heteroatoms. The lowest BCUT2D eigenvalue weighted by molar-refractivity contribution is -0.134. The number of nitrogens with zero attached hydrogens (tertiary/aromatic N) is 1. The summed E-state index contributed by atoms with van der Waals surface area (Å²) in [5.74, 6) is -2.51. The minimum atomic E-state index is -1.26. The van der Waals surface area contributed by atoms with E-state index in [-0.39, 0.29) is 0 Å². The molecule has 1 heterocycles. The summed E-state index contributed by atoms with van der Waals surface area (Å²) in [6, 6.07) is 5.22. The highest BCUT2D eigenvalue weighted by Gasteiger charge is 1.88. The molecule has 16 heavy (non-hydrogen) atoms. The van der Waals surface area contributed by atoms with Crippen LogP contribution in [0, 0.1) is 0 Å². The summed E-state index contributed by atoms with van der Waals surface area (Å²) in [7, 11) is 0. The van der Waals surface area contributed by atoms with Gasteiger partial charge in [0.05, 0.1) is 6.20 Å². The second kappa shape index (κ2) is 9.00. The van der Waals surface area contributed by atoms with Crippen LogP contribution >= 0.6 is 0 Å². The highest BCUT2D eigenvalue weighted by Crippen LogP contribution is 1.75. The lowest BCUT2D eigenvalue weighted by Gasteiger charge is -1.74. The van der Waals surface area contributed by atoms with Crippen molar-refractivity contribution in [2.24, 2.45) is 0 Å². The maximum Gasteiger partial charge on any atom is 0.328 e. The molecule has 0 unspecified atom stereocenters. The standard InChI is InChI=1S/C5H5NO2.C4H4O4/c1-2-4-6-8-7-5-3-1;5-3(6)1-2-4(7)8/h1-5H;1-2H,(H,5,6)(H,7,8)/b;2-1-. The predicted molar refractivity (Wildman–Crippen MR) is 50.8 cm³/mol. The van der Waals surface area contributed by atoms with Gasteiger partial charge in [0, 0.05) is 12.2 Å². The second-order valence-corrected chi connectivity index (χ2v) is 2.15. The fourth-order valence-corrected chi connectivity index (χ4v) is 0.444. The molecule has 0 saturated carbocycles. The zero-order chi connectivity index (χ0) is 12.2. The molecular weight excluding hydrogens is 218 g/mol. The van der Waals surface area contributed by atoms with Gasteiger partial charge >= 0.3 is 11.9 Å². The van der Waals surface area contributed by atoms with E-state index in [0.29, 0.717) is 12.2 Å². The Hall–Kier alpha value is -2.57. The van der Waals surface area contributed by atoms with Crippen LogP contribution in [0.1, 0.15) is 0 Å². The van der Waals surface area contributed by atoms with Gasteiger partial charge in [0.15, 0.2) is 0 Å². The fraction of sp³-hybridized carbons (Fsp3) is 0. The Balaban J connectivity index is 0.000000281. The van der Waals surface area contributed by atoms with Crippen LogP contribution < -0.4 is 0 Å². The molecule has 0 bridgehead atoms. The van der Waals surface area contributed by atoms with E-state index >= 15 is 0 Å². The summed E-state index contributed by atoms with van der Waals surface area (Å²) in [4.78, 5) is 19.1. The number of carboxylic acids is 2. The number of carbonyl (C=O) groups is 2. The third-order valence-corrected chi connectivity index (χ3v) is 0.958. The molecule has 0 aliphatic rings. The van der Waals surface area contributed by atoms with E-state index in [2.05, 4.69) is 14.4 Å². The van der Waals surface area contributed by atoms with Crippen molar-refractivity contribution in [3.05, 3.63) is 42.8 Å². The second-order valence-electron chi connectivity index (χ2n) is 2.15. The zero-order valence-electron chi connectivity index (χ0n) is 8.02. The molecule has 0 saturated heterocycles. The van der Waals surface area contributed by atoms with Gasteiger partial charge < -0.3 is 10.2 Å². The van der Waals surface area contributed by atoms with E-state index in [4.69, 9.17) is 10.2 Å². The first kappa shape index (κ1) is 13.4. The topological polar surface area (TPSA) is 114 Å². The van der Waals surface area contributed by atoms with Crippen LogP contribution in [0.25, 0.3) is 0 Å². The SMILES string of the molecule is O=C(O)/C=C\C(=O)O.c1ccnoocc1. The van der Waals surface area contributed by atoms with Crippen LogP contribution in [0.4, 0.5) is 0 Å². The molecule has 0 spiro atoms. The van der Waals surface area contributed by atoms with Gasteiger partial charge in [0.25, 0.3) is 0 Å². The van der Waals surface area contributed by atoms with E-state index in [1.165, 1.54) is 12.5 Å². The normalized spacial score (nSPS) is 8.75. The molecule has 0 aromatic carbocycles. The van der Waals surface area contributed by atoms with Crippen LogP contribution in [0.5, 0.6) is 0 Å². The number of carboxylic acid groups (broad SMARTS) is 2. The van der Waals surface area contributed by atoms with Gasteiger partial charge in [-0.05, 0) is 17.3 Å². The summed E-state index contributed by atoms with van der Waals surface area (Å²) in [6.07, 6.45) is 4.00. The third kappa shape index (κ3) is 11.4. The van der Waals surface area contributed by atoms with Gasteiger partial charge in [-0.3, -0.25) is 4.58 Å². The number of rotatable bonds is 2. The maximum absolute atomic E-state index is 9.55. The number of hydrogen-bond donors (Lipinski definition) is 2. The molecule has 0 amide bonds. The van der Waals surface area contributed by atoms with E-state index in [0.717, 1.165) is 0 Å². The van der Waals surface area contributed by atoms with Crippen LogP contribution in [0.3, 0.4) is 0 Å². The first-order valence-electron chi connectivity index (χ1n) is 3.94. The van der Waals surface area contributed by atoms with Crippen molar-refractivity contribution < 1.29 is 29.1 Å². The molecule has 0 fully saturated rings. The monoisotopic (exact) mass is 227 g/mol. The highest BCUT2D eigenvalue weighted by atomic mass is 17.0. The molecule has 1 aromatic heterocycles. The van der Waals surface area contributed by atoms with E-state index in [1.807, 2.05) is 0 Å². The molecule has 0 radical (unpaired) electrons. The molecule has 0 aliphatic carbocycles. The average molecular weight is 227 g/mol. The highest BCUT2D eigenvalue weighted by molar-refractivity contribution is 5.89. The van der Waals surface area contributed by atoms with Gasteiger partial charge in [0.2, 0.25) is 0 Å².